The minimum Gasteiger partial charge on any atom is -0.404 e. The Balaban J connectivity index is 2.27. The lowest BCUT2D eigenvalue weighted by Gasteiger charge is -2.22. The number of fused-ring (bicyclic) bond motifs is 3. The number of ketones is 1. The van der Waals surface area contributed by atoms with Crippen LogP contribution in [0.15, 0.2) is 24.4 Å². The first-order valence-corrected chi connectivity index (χ1v) is 4.78. The van der Waals surface area contributed by atoms with Gasteiger partial charge in [-0.05, 0) is 18.2 Å². The summed E-state index contributed by atoms with van der Waals surface area (Å²) in [5, 5.41) is 1.55. The highest BCUT2D eigenvalue weighted by atomic mass is 16.7. The van der Waals surface area contributed by atoms with Crippen LogP contribution in [0.25, 0.3) is 11.3 Å². The van der Waals surface area contributed by atoms with E-state index < -0.39 is 0 Å². The van der Waals surface area contributed by atoms with Crippen molar-refractivity contribution >= 4 is 5.78 Å². The van der Waals surface area contributed by atoms with Crippen molar-refractivity contribution in [3.8, 4) is 17.0 Å². The molecule has 2 aliphatic heterocycles. The minimum absolute atomic E-state index is 0.100. The van der Waals surface area contributed by atoms with E-state index in [0.717, 1.165) is 11.3 Å². The highest BCUT2D eigenvalue weighted by Crippen LogP contribution is 2.39. The van der Waals surface area contributed by atoms with Crippen LogP contribution in [0.4, 0.5) is 0 Å². The van der Waals surface area contributed by atoms with Crippen molar-refractivity contribution in [1.82, 2.24) is 10.0 Å². The fraction of sp³-hybridized carbons (Fsp3) is 0.182. The van der Waals surface area contributed by atoms with Crippen molar-refractivity contribution in [2.45, 2.75) is 0 Å². The Bertz CT molecular complexity index is 504. The van der Waals surface area contributed by atoms with Crippen LogP contribution in [-0.2, 0) is 0 Å². The van der Waals surface area contributed by atoms with Gasteiger partial charge < -0.3 is 9.82 Å². The number of carbonyl (C=O) groups is 1. The first-order valence-electron chi connectivity index (χ1n) is 4.78. The van der Waals surface area contributed by atoms with Crippen molar-refractivity contribution < 1.29 is 9.63 Å². The number of hydrogen-bond acceptors (Lipinski definition) is 3. The third-order valence-electron chi connectivity index (χ3n) is 2.58. The Kier molecular flexibility index (Phi) is 1.61. The Morgan fingerprint density at radius 3 is 3.20 bits per heavy atom. The minimum atomic E-state index is 0.100. The standard InChI is InChI=1S/C11H10N2O2/c1-13-6-10(14)8-5-9-7(11(8)15-13)3-2-4-12-9/h2-5,12H,6H2,1H3. The SMILES string of the molecule is CN1CC(=O)c2cc3[nH]cccc-3c2O1. The van der Waals surface area contributed by atoms with Crippen LogP contribution in [-0.4, -0.2) is 29.4 Å². The number of aromatic nitrogens is 1. The second-order valence-corrected chi connectivity index (χ2v) is 3.69. The van der Waals surface area contributed by atoms with Gasteiger partial charge in [-0.3, -0.25) is 4.79 Å². The summed E-state index contributed by atoms with van der Waals surface area (Å²) in [7, 11) is 1.76. The van der Waals surface area contributed by atoms with Crippen molar-refractivity contribution in [2.24, 2.45) is 0 Å². The predicted octanol–water partition coefficient (Wildman–Crippen LogP) is 1.54. The lowest BCUT2D eigenvalue weighted by molar-refractivity contribution is -0.0321. The molecule has 0 unspecified atom stereocenters. The van der Waals surface area contributed by atoms with E-state index in [1.165, 1.54) is 0 Å². The monoisotopic (exact) mass is 202 g/mol. The van der Waals surface area contributed by atoms with E-state index >= 15 is 0 Å². The van der Waals surface area contributed by atoms with Gasteiger partial charge >= 0.3 is 0 Å². The molecule has 0 fully saturated rings. The summed E-state index contributed by atoms with van der Waals surface area (Å²) in [5.41, 5.74) is 2.56. The molecule has 0 atom stereocenters. The number of nitrogens with zero attached hydrogens (tertiary/aromatic N) is 1. The number of H-pyrrole nitrogens is 1. The maximum atomic E-state index is 11.7. The average molecular weight is 202 g/mol. The summed E-state index contributed by atoms with van der Waals surface area (Å²) in [4.78, 5) is 20.4. The molecule has 1 aliphatic carbocycles. The van der Waals surface area contributed by atoms with Gasteiger partial charge in [0.2, 0.25) is 0 Å². The van der Waals surface area contributed by atoms with Gasteiger partial charge in [-0.15, -0.1) is 5.06 Å². The number of carbonyl (C=O) groups excluding carboxylic acids is 1. The smallest absolute Gasteiger partial charge is 0.184 e. The summed E-state index contributed by atoms with van der Waals surface area (Å²) < 4.78 is 0. The van der Waals surface area contributed by atoms with Crippen LogP contribution in [0.5, 0.6) is 5.75 Å². The molecule has 0 aromatic carbocycles. The Labute approximate surface area is 86.8 Å². The summed E-state index contributed by atoms with van der Waals surface area (Å²) in [6.45, 7) is 0.309. The van der Waals surface area contributed by atoms with Crippen molar-refractivity contribution in [3.05, 3.63) is 30.0 Å². The first kappa shape index (κ1) is 8.49. The van der Waals surface area contributed by atoms with Gasteiger partial charge in [0.15, 0.2) is 11.5 Å². The summed E-state index contributed by atoms with van der Waals surface area (Å²) in [5.74, 6) is 0.768. The van der Waals surface area contributed by atoms with E-state index in [0.29, 0.717) is 17.9 Å². The zero-order chi connectivity index (χ0) is 10.4. The van der Waals surface area contributed by atoms with E-state index in [1.807, 2.05) is 24.4 Å². The second-order valence-electron chi connectivity index (χ2n) is 3.69. The molecule has 0 amide bonds. The zero-order valence-electron chi connectivity index (χ0n) is 8.28. The molecule has 0 bridgehead atoms. The number of hydroxylamine groups is 2. The van der Waals surface area contributed by atoms with Crippen molar-refractivity contribution in [2.75, 3.05) is 13.6 Å². The van der Waals surface area contributed by atoms with E-state index in [2.05, 4.69) is 4.98 Å². The largest absolute Gasteiger partial charge is 0.404 e. The van der Waals surface area contributed by atoms with Crippen LogP contribution >= 0.6 is 0 Å². The van der Waals surface area contributed by atoms with Crippen LogP contribution in [0.2, 0.25) is 0 Å². The number of nitrogens with one attached hydrogen (secondary N) is 1. The Morgan fingerprint density at radius 1 is 1.47 bits per heavy atom. The van der Waals surface area contributed by atoms with Crippen LogP contribution in [0.1, 0.15) is 10.4 Å². The lowest BCUT2D eigenvalue weighted by atomic mass is 10.1. The molecule has 2 heterocycles. The highest BCUT2D eigenvalue weighted by molar-refractivity contribution is 6.05. The topological polar surface area (TPSA) is 45.3 Å². The van der Waals surface area contributed by atoms with E-state index in [-0.39, 0.29) is 5.78 Å². The molecule has 15 heavy (non-hydrogen) atoms. The summed E-state index contributed by atoms with van der Waals surface area (Å²) >= 11 is 0. The van der Waals surface area contributed by atoms with Gasteiger partial charge in [0.25, 0.3) is 0 Å². The van der Waals surface area contributed by atoms with Gasteiger partial charge in [-0.25, -0.2) is 0 Å². The van der Waals surface area contributed by atoms with Crippen molar-refractivity contribution in [3.63, 3.8) is 0 Å². The van der Waals surface area contributed by atoms with Gasteiger partial charge in [0.05, 0.1) is 17.8 Å². The summed E-state index contributed by atoms with van der Waals surface area (Å²) in [6.07, 6.45) is 1.84. The number of Topliss-reactive ketones (excluding diaryl/α,β-unsaturated/α-hetero) is 1. The predicted molar refractivity (Wildman–Crippen MR) is 55.0 cm³/mol. The van der Waals surface area contributed by atoms with Gasteiger partial charge in [-0.2, -0.15) is 0 Å². The summed E-state index contributed by atoms with van der Waals surface area (Å²) in [6, 6.07) is 5.68. The molecule has 4 nitrogen and oxygen atoms in total. The van der Waals surface area contributed by atoms with E-state index in [9.17, 15) is 4.79 Å². The molecule has 0 saturated heterocycles. The van der Waals surface area contributed by atoms with Crippen LogP contribution in [0, 0.1) is 0 Å². The fourth-order valence-electron chi connectivity index (χ4n) is 1.90. The molecular weight excluding hydrogens is 192 g/mol. The third kappa shape index (κ3) is 1.15. The first-order chi connectivity index (χ1) is 7.25. The normalized spacial score (nSPS) is 16.5. The number of pyridine rings is 1. The van der Waals surface area contributed by atoms with Gasteiger partial charge in [0.1, 0.15) is 0 Å². The molecule has 0 aromatic heterocycles. The molecule has 3 rings (SSSR count). The van der Waals surface area contributed by atoms with Gasteiger partial charge in [-0.1, -0.05) is 0 Å². The van der Waals surface area contributed by atoms with Crippen molar-refractivity contribution in [1.29, 1.82) is 0 Å². The maximum absolute atomic E-state index is 11.7. The zero-order valence-corrected chi connectivity index (χ0v) is 8.28. The molecular formula is C11H10N2O2. The molecule has 0 aromatic rings. The molecule has 3 aliphatic rings. The molecule has 1 N–H and O–H groups in total. The molecule has 0 saturated carbocycles. The second kappa shape index (κ2) is 2.84. The highest BCUT2D eigenvalue weighted by Gasteiger charge is 2.28. The van der Waals surface area contributed by atoms with Crippen LogP contribution < -0.4 is 4.84 Å². The number of likely N-dealkylation sites (N-methyl/N-ethyl adjacent to an activating group) is 1. The molecule has 4 heteroatoms. The quantitative estimate of drug-likeness (QED) is 0.704. The Morgan fingerprint density at radius 2 is 2.33 bits per heavy atom. The van der Waals surface area contributed by atoms with Crippen LogP contribution in [0.3, 0.4) is 0 Å². The van der Waals surface area contributed by atoms with Gasteiger partial charge in [0, 0.05) is 18.8 Å². The number of rotatable bonds is 0. The Hall–Kier alpha value is -1.81. The van der Waals surface area contributed by atoms with E-state index in [4.69, 9.17) is 4.84 Å². The molecule has 76 valence electrons. The number of aromatic amines is 1. The fourth-order valence-corrected chi connectivity index (χ4v) is 1.90. The maximum Gasteiger partial charge on any atom is 0.184 e. The average Bonchev–Trinajstić information content (AvgIpc) is 2.57. The van der Waals surface area contributed by atoms with E-state index in [1.54, 1.807) is 12.1 Å². The molecule has 0 radical (unpaired) electrons. The lowest BCUT2D eigenvalue weighted by Crippen LogP contribution is -2.33. The third-order valence-corrected chi connectivity index (χ3v) is 2.58. The molecule has 0 spiro atoms. The number of hydrogen-bond donors (Lipinski definition) is 1.